The van der Waals surface area contributed by atoms with Gasteiger partial charge in [0.15, 0.2) is 0 Å². The summed E-state index contributed by atoms with van der Waals surface area (Å²) in [5.74, 6) is 0.678. The third kappa shape index (κ3) is 3.92. The third-order valence-corrected chi connectivity index (χ3v) is 1.97. The van der Waals surface area contributed by atoms with Gasteiger partial charge in [0.05, 0.1) is 0 Å². The molecule has 5 nitrogen and oxygen atoms in total. The molecule has 0 spiro atoms. The van der Waals surface area contributed by atoms with E-state index in [1.807, 2.05) is 47.0 Å². The molecule has 1 rings (SSSR count). The molecule has 1 amide bonds. The van der Waals surface area contributed by atoms with Gasteiger partial charge in [-0.15, -0.1) is 0 Å². The summed E-state index contributed by atoms with van der Waals surface area (Å²) in [5.41, 5.74) is -0.211. The van der Waals surface area contributed by atoms with E-state index in [4.69, 9.17) is 0 Å². The summed E-state index contributed by atoms with van der Waals surface area (Å²) in [6.07, 6.45) is 1.83. The molecule has 1 heterocycles. The van der Waals surface area contributed by atoms with Crippen molar-refractivity contribution in [3.05, 3.63) is 12.3 Å². The van der Waals surface area contributed by atoms with Crippen LogP contribution < -0.4 is 10.6 Å². The predicted molar refractivity (Wildman–Crippen MR) is 64.2 cm³/mol. The van der Waals surface area contributed by atoms with Crippen LogP contribution in [0, 0.1) is 0 Å². The number of nitrogens with zero attached hydrogens (tertiary/aromatic N) is 2. The Balaban J connectivity index is 2.52. The van der Waals surface area contributed by atoms with Gasteiger partial charge in [0, 0.05) is 24.8 Å². The molecule has 0 saturated carbocycles. The zero-order valence-electron chi connectivity index (χ0n) is 10.5. The Hall–Kier alpha value is -1.52. The van der Waals surface area contributed by atoms with Gasteiger partial charge in [-0.1, -0.05) is 0 Å². The van der Waals surface area contributed by atoms with Gasteiger partial charge in [-0.05, 0) is 27.7 Å². The lowest BCUT2D eigenvalue weighted by molar-refractivity contribution is -0.122. The zero-order valence-corrected chi connectivity index (χ0v) is 10.5. The number of amides is 1. The van der Waals surface area contributed by atoms with Crippen molar-refractivity contribution in [2.75, 3.05) is 5.32 Å². The van der Waals surface area contributed by atoms with Gasteiger partial charge in [-0.3, -0.25) is 9.48 Å². The fraction of sp³-hybridized carbons (Fsp3) is 0.636. The lowest BCUT2D eigenvalue weighted by Gasteiger charge is -2.23. The number of hydrogen-bond acceptors (Lipinski definition) is 3. The molecule has 0 radical (unpaired) electrons. The number of aryl methyl sites for hydroxylation is 1. The first kappa shape index (κ1) is 12.5. The quantitative estimate of drug-likeness (QED) is 0.809. The first-order valence-corrected chi connectivity index (χ1v) is 5.36. The molecular formula is C11H20N4O. The molecule has 0 aliphatic carbocycles. The van der Waals surface area contributed by atoms with Crippen molar-refractivity contribution in [2.45, 2.75) is 39.3 Å². The predicted octanol–water partition coefficient (Wildman–Crippen LogP) is 1.14. The number of carbonyl (C=O) groups excluding carboxylic acids is 1. The maximum absolute atomic E-state index is 11.8. The van der Waals surface area contributed by atoms with Crippen LogP contribution >= 0.6 is 0 Å². The molecule has 16 heavy (non-hydrogen) atoms. The zero-order chi connectivity index (χ0) is 12.3. The van der Waals surface area contributed by atoms with Gasteiger partial charge in [0.1, 0.15) is 11.9 Å². The van der Waals surface area contributed by atoms with E-state index >= 15 is 0 Å². The number of rotatable bonds is 3. The van der Waals surface area contributed by atoms with E-state index in [1.54, 1.807) is 4.68 Å². The normalized spacial score (nSPS) is 13.3. The average Bonchev–Trinajstić information content (AvgIpc) is 2.48. The lowest BCUT2D eigenvalue weighted by Crippen LogP contribution is -2.47. The first-order valence-electron chi connectivity index (χ1n) is 5.36. The summed E-state index contributed by atoms with van der Waals surface area (Å²) in [4.78, 5) is 11.8. The number of aromatic nitrogens is 2. The number of nitrogens with one attached hydrogen (secondary N) is 2. The molecule has 1 atom stereocenters. The van der Waals surface area contributed by atoms with E-state index in [0.717, 1.165) is 0 Å². The maximum atomic E-state index is 11.8. The standard InChI is InChI=1S/C11H20N4O/c1-8(10(16)13-11(2,3)4)12-9-6-7-15(5)14-9/h6-8H,1-5H3,(H,12,14)(H,13,16). The summed E-state index contributed by atoms with van der Waals surface area (Å²) < 4.78 is 1.69. The summed E-state index contributed by atoms with van der Waals surface area (Å²) in [5, 5.41) is 10.1. The van der Waals surface area contributed by atoms with E-state index in [-0.39, 0.29) is 17.5 Å². The smallest absolute Gasteiger partial charge is 0.242 e. The Bertz CT molecular complexity index is 364. The van der Waals surface area contributed by atoms with Crippen molar-refractivity contribution in [3.63, 3.8) is 0 Å². The van der Waals surface area contributed by atoms with Gasteiger partial charge in [0.2, 0.25) is 5.91 Å². The third-order valence-electron chi connectivity index (χ3n) is 1.97. The van der Waals surface area contributed by atoms with Gasteiger partial charge in [0.25, 0.3) is 0 Å². The first-order chi connectivity index (χ1) is 7.28. The second-order valence-corrected chi connectivity index (χ2v) is 4.98. The van der Waals surface area contributed by atoms with E-state index in [1.165, 1.54) is 0 Å². The Labute approximate surface area is 96.2 Å². The fourth-order valence-corrected chi connectivity index (χ4v) is 1.26. The second-order valence-electron chi connectivity index (χ2n) is 4.98. The van der Waals surface area contributed by atoms with Crippen LogP contribution in [0.5, 0.6) is 0 Å². The van der Waals surface area contributed by atoms with Crippen LogP contribution in [0.4, 0.5) is 5.82 Å². The Morgan fingerprint density at radius 1 is 1.50 bits per heavy atom. The highest BCUT2D eigenvalue weighted by Gasteiger charge is 2.19. The van der Waals surface area contributed by atoms with Crippen molar-refractivity contribution >= 4 is 11.7 Å². The van der Waals surface area contributed by atoms with Crippen molar-refractivity contribution < 1.29 is 4.79 Å². The molecule has 90 valence electrons. The van der Waals surface area contributed by atoms with E-state index in [0.29, 0.717) is 5.82 Å². The van der Waals surface area contributed by atoms with E-state index in [9.17, 15) is 4.79 Å². The molecule has 0 fully saturated rings. The molecule has 1 aromatic rings. The molecule has 5 heteroatoms. The van der Waals surface area contributed by atoms with Crippen molar-refractivity contribution in [3.8, 4) is 0 Å². The van der Waals surface area contributed by atoms with Gasteiger partial charge < -0.3 is 10.6 Å². The summed E-state index contributed by atoms with van der Waals surface area (Å²) in [7, 11) is 1.84. The summed E-state index contributed by atoms with van der Waals surface area (Å²) >= 11 is 0. The van der Waals surface area contributed by atoms with E-state index < -0.39 is 0 Å². The van der Waals surface area contributed by atoms with Crippen LogP contribution in [0.2, 0.25) is 0 Å². The van der Waals surface area contributed by atoms with Crippen LogP contribution in [0.1, 0.15) is 27.7 Å². The minimum atomic E-state index is -0.297. The molecule has 2 N–H and O–H groups in total. The average molecular weight is 224 g/mol. The number of carbonyl (C=O) groups is 1. The summed E-state index contributed by atoms with van der Waals surface area (Å²) in [6.45, 7) is 7.69. The minimum Gasteiger partial charge on any atom is -0.357 e. The maximum Gasteiger partial charge on any atom is 0.242 e. The number of anilines is 1. The van der Waals surface area contributed by atoms with Crippen molar-refractivity contribution in [1.82, 2.24) is 15.1 Å². The van der Waals surface area contributed by atoms with Gasteiger partial charge in [-0.2, -0.15) is 5.10 Å². The highest BCUT2D eigenvalue weighted by Crippen LogP contribution is 2.05. The van der Waals surface area contributed by atoms with E-state index in [2.05, 4.69) is 15.7 Å². The Kier molecular flexibility index (Phi) is 3.57. The van der Waals surface area contributed by atoms with Crippen LogP contribution in [-0.4, -0.2) is 27.3 Å². The topological polar surface area (TPSA) is 59.0 Å². The molecule has 1 aromatic heterocycles. The highest BCUT2D eigenvalue weighted by atomic mass is 16.2. The van der Waals surface area contributed by atoms with Crippen LogP contribution in [0.15, 0.2) is 12.3 Å². The van der Waals surface area contributed by atoms with Crippen LogP contribution in [0.3, 0.4) is 0 Å². The molecule has 0 saturated heterocycles. The van der Waals surface area contributed by atoms with Gasteiger partial charge in [-0.25, -0.2) is 0 Å². The van der Waals surface area contributed by atoms with Gasteiger partial charge >= 0.3 is 0 Å². The monoisotopic (exact) mass is 224 g/mol. The summed E-state index contributed by atoms with van der Waals surface area (Å²) in [6, 6.07) is 1.54. The molecule has 0 aliphatic heterocycles. The SMILES string of the molecule is CC(Nc1ccn(C)n1)C(=O)NC(C)(C)C. The highest BCUT2D eigenvalue weighted by molar-refractivity contribution is 5.84. The van der Waals surface area contributed by atoms with Crippen LogP contribution in [-0.2, 0) is 11.8 Å². The molecule has 1 unspecified atom stereocenters. The largest absolute Gasteiger partial charge is 0.357 e. The Morgan fingerprint density at radius 2 is 2.12 bits per heavy atom. The molecule has 0 bridgehead atoms. The number of hydrogen-bond donors (Lipinski definition) is 2. The Morgan fingerprint density at radius 3 is 2.56 bits per heavy atom. The molecule has 0 aliphatic rings. The second kappa shape index (κ2) is 4.55. The molecule has 0 aromatic carbocycles. The van der Waals surface area contributed by atoms with Crippen LogP contribution in [0.25, 0.3) is 0 Å². The fourth-order valence-electron chi connectivity index (χ4n) is 1.26. The molecular weight excluding hydrogens is 204 g/mol. The van der Waals surface area contributed by atoms with Crippen molar-refractivity contribution in [2.24, 2.45) is 7.05 Å². The van der Waals surface area contributed by atoms with Crippen molar-refractivity contribution in [1.29, 1.82) is 0 Å². The lowest BCUT2D eigenvalue weighted by atomic mass is 10.1. The minimum absolute atomic E-state index is 0.0295.